The lowest BCUT2D eigenvalue weighted by Gasteiger charge is -1.97. The number of alkyl halides is 1. The highest BCUT2D eigenvalue weighted by atomic mass is 35.5. The van der Waals surface area contributed by atoms with Crippen molar-refractivity contribution in [3.8, 4) is 11.4 Å². The molecule has 5 heteroatoms. The second-order valence-electron chi connectivity index (χ2n) is 2.93. The highest BCUT2D eigenvalue weighted by molar-refractivity contribution is 6.16. The molecule has 0 fully saturated rings. The van der Waals surface area contributed by atoms with E-state index in [2.05, 4.69) is 20.2 Å². The average Bonchev–Trinajstić information content (AvgIpc) is 2.67. The number of halogens is 1. The van der Waals surface area contributed by atoms with Crippen LogP contribution in [0.25, 0.3) is 11.4 Å². The number of hydrogen-bond donors (Lipinski definition) is 1. The van der Waals surface area contributed by atoms with E-state index in [1.807, 2.05) is 13.0 Å². The third kappa shape index (κ3) is 1.61. The second-order valence-corrected chi connectivity index (χ2v) is 3.20. The third-order valence-corrected chi connectivity index (χ3v) is 2.19. The van der Waals surface area contributed by atoms with E-state index in [0.717, 1.165) is 11.1 Å². The van der Waals surface area contributed by atoms with Crippen LogP contribution >= 0.6 is 11.6 Å². The van der Waals surface area contributed by atoms with E-state index in [1.54, 1.807) is 12.4 Å². The van der Waals surface area contributed by atoms with Crippen LogP contribution in [0.4, 0.5) is 0 Å². The van der Waals surface area contributed by atoms with Gasteiger partial charge in [0.05, 0.1) is 5.88 Å². The van der Waals surface area contributed by atoms with E-state index in [0.29, 0.717) is 17.5 Å². The molecular weight excluding hydrogens is 200 g/mol. The van der Waals surface area contributed by atoms with Crippen molar-refractivity contribution < 1.29 is 0 Å². The van der Waals surface area contributed by atoms with Crippen LogP contribution in [0.3, 0.4) is 0 Å². The molecule has 0 aromatic carbocycles. The zero-order chi connectivity index (χ0) is 9.97. The summed E-state index contributed by atoms with van der Waals surface area (Å²) in [6.45, 7) is 1.99. The molecule has 1 N–H and O–H groups in total. The first kappa shape index (κ1) is 9.15. The first-order valence-corrected chi connectivity index (χ1v) is 4.73. The molecule has 0 aliphatic carbocycles. The lowest BCUT2D eigenvalue weighted by Crippen LogP contribution is -1.86. The Labute approximate surface area is 86.4 Å². The van der Waals surface area contributed by atoms with E-state index in [9.17, 15) is 0 Å². The average molecular weight is 209 g/mol. The first-order valence-electron chi connectivity index (χ1n) is 4.19. The summed E-state index contributed by atoms with van der Waals surface area (Å²) in [4.78, 5) is 8.25. The van der Waals surface area contributed by atoms with Gasteiger partial charge in [-0.3, -0.25) is 10.1 Å². The van der Waals surface area contributed by atoms with Crippen LogP contribution in [0.15, 0.2) is 18.5 Å². The first-order chi connectivity index (χ1) is 6.81. The van der Waals surface area contributed by atoms with Crippen LogP contribution in [-0.2, 0) is 5.88 Å². The highest BCUT2D eigenvalue weighted by Gasteiger charge is 2.07. The molecule has 14 heavy (non-hydrogen) atoms. The van der Waals surface area contributed by atoms with Gasteiger partial charge >= 0.3 is 0 Å². The Balaban J connectivity index is 2.44. The van der Waals surface area contributed by atoms with E-state index in [1.165, 1.54) is 0 Å². The van der Waals surface area contributed by atoms with Gasteiger partial charge < -0.3 is 0 Å². The van der Waals surface area contributed by atoms with E-state index < -0.39 is 0 Å². The Morgan fingerprint density at radius 2 is 2.36 bits per heavy atom. The number of pyridine rings is 1. The molecule has 0 saturated carbocycles. The summed E-state index contributed by atoms with van der Waals surface area (Å²) in [7, 11) is 0. The highest BCUT2D eigenvalue weighted by Crippen LogP contribution is 2.17. The van der Waals surface area contributed by atoms with E-state index >= 15 is 0 Å². The summed E-state index contributed by atoms with van der Waals surface area (Å²) >= 11 is 5.62. The van der Waals surface area contributed by atoms with Gasteiger partial charge in [0.2, 0.25) is 0 Å². The molecule has 2 aromatic heterocycles. The number of rotatable bonds is 2. The number of aryl methyl sites for hydroxylation is 1. The zero-order valence-electron chi connectivity index (χ0n) is 7.66. The predicted molar refractivity (Wildman–Crippen MR) is 53.9 cm³/mol. The van der Waals surface area contributed by atoms with Gasteiger partial charge in [0.15, 0.2) is 5.82 Å². The molecule has 2 rings (SSSR count). The zero-order valence-corrected chi connectivity index (χ0v) is 8.41. The number of nitrogens with one attached hydrogen (secondary N) is 1. The van der Waals surface area contributed by atoms with Crippen molar-refractivity contribution in [3.63, 3.8) is 0 Å². The normalized spacial score (nSPS) is 10.4. The largest absolute Gasteiger partial charge is 0.264 e. The summed E-state index contributed by atoms with van der Waals surface area (Å²) in [5, 5.41) is 6.82. The topological polar surface area (TPSA) is 54.5 Å². The van der Waals surface area contributed by atoms with Crippen LogP contribution < -0.4 is 0 Å². The van der Waals surface area contributed by atoms with E-state index in [4.69, 9.17) is 11.6 Å². The van der Waals surface area contributed by atoms with Crippen molar-refractivity contribution in [2.75, 3.05) is 0 Å². The smallest absolute Gasteiger partial charge is 0.183 e. The lowest BCUT2D eigenvalue weighted by atomic mass is 10.1. The molecular formula is C9H9ClN4. The maximum Gasteiger partial charge on any atom is 0.183 e. The Morgan fingerprint density at radius 1 is 1.50 bits per heavy atom. The Kier molecular flexibility index (Phi) is 2.45. The van der Waals surface area contributed by atoms with E-state index in [-0.39, 0.29) is 0 Å². The number of hydrogen-bond acceptors (Lipinski definition) is 3. The van der Waals surface area contributed by atoms with Crippen LogP contribution in [0.1, 0.15) is 11.4 Å². The minimum absolute atomic E-state index is 0.340. The van der Waals surface area contributed by atoms with Crippen molar-refractivity contribution in [1.29, 1.82) is 0 Å². The molecule has 72 valence electrons. The van der Waals surface area contributed by atoms with Crippen LogP contribution in [-0.4, -0.2) is 20.2 Å². The summed E-state index contributed by atoms with van der Waals surface area (Å²) in [6.07, 6.45) is 3.49. The van der Waals surface area contributed by atoms with Gasteiger partial charge in [-0.2, -0.15) is 5.10 Å². The van der Waals surface area contributed by atoms with Crippen LogP contribution in [0, 0.1) is 6.92 Å². The van der Waals surface area contributed by atoms with Crippen LogP contribution in [0.2, 0.25) is 0 Å². The summed E-state index contributed by atoms with van der Waals surface area (Å²) in [5.74, 6) is 1.66. The molecule has 2 heterocycles. The maximum atomic E-state index is 5.62. The fraction of sp³-hybridized carbons (Fsp3) is 0.222. The summed E-state index contributed by atoms with van der Waals surface area (Å²) < 4.78 is 0. The van der Waals surface area contributed by atoms with Gasteiger partial charge in [-0.05, 0) is 18.6 Å². The van der Waals surface area contributed by atoms with Gasteiger partial charge in [-0.15, -0.1) is 11.6 Å². The molecule has 4 nitrogen and oxygen atoms in total. The molecule has 0 spiro atoms. The monoisotopic (exact) mass is 208 g/mol. The molecule has 0 amide bonds. The standard InChI is InChI=1S/C9H9ClN4/c1-6-2-3-11-5-7(6)9-12-8(4-10)13-14-9/h2-3,5H,4H2,1H3,(H,12,13,14). The Hall–Kier alpha value is -1.42. The van der Waals surface area contributed by atoms with Crippen molar-refractivity contribution in [2.45, 2.75) is 12.8 Å². The molecule has 0 aliphatic rings. The second kappa shape index (κ2) is 3.75. The van der Waals surface area contributed by atoms with Gasteiger partial charge in [0, 0.05) is 18.0 Å². The van der Waals surface area contributed by atoms with Gasteiger partial charge in [0.1, 0.15) is 5.82 Å². The van der Waals surface area contributed by atoms with Gasteiger partial charge in [0.25, 0.3) is 0 Å². The Morgan fingerprint density at radius 3 is 3.00 bits per heavy atom. The third-order valence-electron chi connectivity index (χ3n) is 1.94. The lowest BCUT2D eigenvalue weighted by molar-refractivity contribution is 1.02. The van der Waals surface area contributed by atoms with Crippen molar-refractivity contribution in [3.05, 3.63) is 29.8 Å². The maximum absolute atomic E-state index is 5.62. The number of H-pyrrole nitrogens is 1. The van der Waals surface area contributed by atoms with Crippen molar-refractivity contribution >= 4 is 11.6 Å². The van der Waals surface area contributed by atoms with Crippen LogP contribution in [0.5, 0.6) is 0 Å². The molecule has 0 radical (unpaired) electrons. The number of nitrogens with zero attached hydrogens (tertiary/aromatic N) is 3. The minimum Gasteiger partial charge on any atom is -0.264 e. The van der Waals surface area contributed by atoms with Gasteiger partial charge in [-0.1, -0.05) is 0 Å². The van der Waals surface area contributed by atoms with Crippen molar-refractivity contribution in [2.24, 2.45) is 0 Å². The summed E-state index contributed by atoms with van der Waals surface area (Å²) in [5.41, 5.74) is 2.03. The molecule has 0 atom stereocenters. The molecule has 0 saturated heterocycles. The molecule has 0 unspecified atom stereocenters. The minimum atomic E-state index is 0.340. The number of aromatic nitrogens is 4. The fourth-order valence-electron chi connectivity index (χ4n) is 1.17. The predicted octanol–water partition coefficient (Wildman–Crippen LogP) is 1.91. The van der Waals surface area contributed by atoms with Crippen molar-refractivity contribution in [1.82, 2.24) is 20.2 Å². The molecule has 0 bridgehead atoms. The Bertz CT molecular complexity index is 438. The summed E-state index contributed by atoms with van der Waals surface area (Å²) in [6, 6.07) is 1.92. The van der Waals surface area contributed by atoms with Gasteiger partial charge in [-0.25, -0.2) is 4.98 Å². The number of aromatic amines is 1. The quantitative estimate of drug-likeness (QED) is 0.768. The fourth-order valence-corrected chi connectivity index (χ4v) is 1.29. The molecule has 2 aromatic rings. The SMILES string of the molecule is Cc1ccncc1-c1n[nH]c(CCl)n1. The molecule has 0 aliphatic heterocycles.